The van der Waals surface area contributed by atoms with Crippen LogP contribution in [0.2, 0.25) is 0 Å². The zero-order chi connectivity index (χ0) is 11.1. The molecule has 0 saturated carbocycles. The molecule has 4 heteroatoms. The molecule has 15 heavy (non-hydrogen) atoms. The van der Waals surface area contributed by atoms with Crippen molar-refractivity contribution in [2.45, 2.75) is 19.8 Å². The lowest BCUT2D eigenvalue weighted by Gasteiger charge is -2.04. The van der Waals surface area contributed by atoms with Crippen LogP contribution in [0.3, 0.4) is 0 Å². The van der Waals surface area contributed by atoms with Crippen molar-refractivity contribution in [1.29, 1.82) is 0 Å². The summed E-state index contributed by atoms with van der Waals surface area (Å²) >= 11 is 0. The van der Waals surface area contributed by atoms with E-state index in [-0.39, 0.29) is 5.78 Å². The Hall–Kier alpha value is -1.42. The Morgan fingerprint density at radius 1 is 1.53 bits per heavy atom. The Labute approximate surface area is 89.5 Å². The molecule has 0 saturated heterocycles. The molecule has 1 aromatic rings. The molecule has 1 heterocycles. The highest BCUT2D eigenvalue weighted by atomic mass is 16.5. The number of nitrogens with zero attached hydrogens (tertiary/aromatic N) is 1. The molecule has 0 aliphatic rings. The predicted octanol–water partition coefficient (Wildman–Crippen LogP) is 1.40. The molecule has 0 fully saturated rings. The predicted molar refractivity (Wildman–Crippen MR) is 58.0 cm³/mol. The zero-order valence-corrected chi connectivity index (χ0v) is 8.90. The van der Waals surface area contributed by atoms with Gasteiger partial charge in [-0.05, 0) is 26.0 Å². The fourth-order valence-corrected chi connectivity index (χ4v) is 1.22. The summed E-state index contributed by atoms with van der Waals surface area (Å²) in [5, 5.41) is 0. The van der Waals surface area contributed by atoms with Gasteiger partial charge >= 0.3 is 0 Å². The summed E-state index contributed by atoms with van der Waals surface area (Å²) in [7, 11) is 0. The van der Waals surface area contributed by atoms with Gasteiger partial charge < -0.3 is 10.5 Å². The first-order valence-corrected chi connectivity index (χ1v) is 5.09. The fourth-order valence-electron chi connectivity index (χ4n) is 1.22. The Kier molecular flexibility index (Phi) is 4.77. The van der Waals surface area contributed by atoms with Crippen LogP contribution in [-0.2, 0) is 0 Å². The minimum Gasteiger partial charge on any atom is -0.492 e. The van der Waals surface area contributed by atoms with Gasteiger partial charge in [0, 0.05) is 18.2 Å². The average molecular weight is 208 g/mol. The van der Waals surface area contributed by atoms with Crippen LogP contribution in [-0.4, -0.2) is 23.9 Å². The number of nitrogens with two attached hydrogens (primary N) is 1. The summed E-state index contributed by atoms with van der Waals surface area (Å²) in [4.78, 5) is 15.6. The van der Waals surface area contributed by atoms with Crippen molar-refractivity contribution in [2.24, 2.45) is 5.73 Å². The van der Waals surface area contributed by atoms with E-state index < -0.39 is 0 Å². The highest BCUT2D eigenvalue weighted by Gasteiger charge is 2.06. The molecule has 2 N–H and O–H groups in total. The molecule has 0 bridgehead atoms. The van der Waals surface area contributed by atoms with Gasteiger partial charge in [-0.15, -0.1) is 0 Å². The third kappa shape index (κ3) is 3.67. The lowest BCUT2D eigenvalue weighted by atomic mass is 10.1. The molecule has 0 aromatic carbocycles. The number of hydrogen-bond donors (Lipinski definition) is 1. The van der Waals surface area contributed by atoms with Gasteiger partial charge in [-0.25, -0.2) is 0 Å². The molecule has 0 amide bonds. The van der Waals surface area contributed by atoms with Crippen molar-refractivity contribution in [3.63, 3.8) is 0 Å². The standard InChI is InChI=1S/C11H16N2O2/c1-2-15-10-6-9(7-13-8-10)11(14)4-3-5-12/h6-8H,2-5,12H2,1H3. The maximum atomic E-state index is 11.6. The molecule has 0 aliphatic heterocycles. The van der Waals surface area contributed by atoms with Crippen molar-refractivity contribution in [1.82, 2.24) is 4.98 Å². The third-order valence-electron chi connectivity index (χ3n) is 1.95. The maximum absolute atomic E-state index is 11.6. The average Bonchev–Trinajstić information content (AvgIpc) is 2.27. The summed E-state index contributed by atoms with van der Waals surface area (Å²) in [6, 6.07) is 1.72. The van der Waals surface area contributed by atoms with Crippen LogP contribution < -0.4 is 10.5 Å². The Morgan fingerprint density at radius 2 is 2.33 bits per heavy atom. The van der Waals surface area contributed by atoms with E-state index in [0.717, 1.165) is 0 Å². The van der Waals surface area contributed by atoms with Crippen LogP contribution in [0.1, 0.15) is 30.1 Å². The van der Waals surface area contributed by atoms with Gasteiger partial charge in [-0.1, -0.05) is 0 Å². The number of ether oxygens (including phenoxy) is 1. The number of ketones is 1. The Morgan fingerprint density at radius 3 is 3.00 bits per heavy atom. The van der Waals surface area contributed by atoms with Gasteiger partial charge in [0.25, 0.3) is 0 Å². The van der Waals surface area contributed by atoms with Gasteiger partial charge in [-0.3, -0.25) is 9.78 Å². The molecule has 1 aromatic heterocycles. The van der Waals surface area contributed by atoms with Crippen molar-refractivity contribution in [2.75, 3.05) is 13.2 Å². The van der Waals surface area contributed by atoms with E-state index in [0.29, 0.717) is 37.3 Å². The Bertz CT molecular complexity index is 326. The number of carbonyl (C=O) groups excluding carboxylic acids is 1. The highest BCUT2D eigenvalue weighted by Crippen LogP contribution is 2.13. The smallest absolute Gasteiger partial charge is 0.164 e. The molecular formula is C11H16N2O2. The van der Waals surface area contributed by atoms with Crippen molar-refractivity contribution >= 4 is 5.78 Å². The normalized spacial score (nSPS) is 10.0. The van der Waals surface area contributed by atoms with E-state index in [2.05, 4.69) is 4.98 Å². The van der Waals surface area contributed by atoms with E-state index in [1.807, 2.05) is 6.92 Å². The number of Topliss-reactive ketones (excluding diaryl/α,β-unsaturated/α-hetero) is 1. The molecule has 4 nitrogen and oxygen atoms in total. The number of hydrogen-bond acceptors (Lipinski definition) is 4. The van der Waals surface area contributed by atoms with Gasteiger partial charge in [0.05, 0.1) is 12.8 Å². The van der Waals surface area contributed by atoms with Crippen LogP contribution in [0.15, 0.2) is 18.5 Å². The Balaban J connectivity index is 2.67. The minimum absolute atomic E-state index is 0.0644. The second-order valence-electron chi connectivity index (χ2n) is 3.16. The summed E-state index contributed by atoms with van der Waals surface area (Å²) in [6.07, 6.45) is 4.33. The molecule has 0 unspecified atom stereocenters. The topological polar surface area (TPSA) is 65.2 Å². The van der Waals surface area contributed by atoms with Crippen molar-refractivity contribution in [3.05, 3.63) is 24.0 Å². The first kappa shape index (κ1) is 11.7. The summed E-state index contributed by atoms with van der Waals surface area (Å²) < 4.78 is 5.26. The number of rotatable bonds is 6. The quantitative estimate of drug-likeness (QED) is 0.718. The first-order chi connectivity index (χ1) is 7.27. The zero-order valence-electron chi connectivity index (χ0n) is 8.90. The molecule has 0 aliphatic carbocycles. The number of carbonyl (C=O) groups is 1. The van der Waals surface area contributed by atoms with Crippen molar-refractivity contribution in [3.8, 4) is 5.75 Å². The van der Waals surface area contributed by atoms with E-state index in [1.165, 1.54) is 0 Å². The number of aromatic nitrogens is 1. The van der Waals surface area contributed by atoms with Crippen molar-refractivity contribution < 1.29 is 9.53 Å². The first-order valence-electron chi connectivity index (χ1n) is 5.09. The largest absolute Gasteiger partial charge is 0.492 e. The summed E-state index contributed by atoms with van der Waals surface area (Å²) in [6.45, 7) is 3.00. The van der Waals surface area contributed by atoms with Crippen LogP contribution in [0.5, 0.6) is 5.75 Å². The third-order valence-corrected chi connectivity index (χ3v) is 1.95. The van der Waals surface area contributed by atoms with Gasteiger partial charge in [0.1, 0.15) is 5.75 Å². The molecule has 0 radical (unpaired) electrons. The van der Waals surface area contributed by atoms with Crippen LogP contribution in [0, 0.1) is 0 Å². The minimum atomic E-state index is 0.0644. The lowest BCUT2D eigenvalue weighted by molar-refractivity contribution is 0.0980. The molecule has 1 rings (SSSR count). The van der Waals surface area contributed by atoms with Crippen LogP contribution in [0.4, 0.5) is 0 Å². The van der Waals surface area contributed by atoms with E-state index in [9.17, 15) is 4.79 Å². The molecular weight excluding hydrogens is 192 g/mol. The fraction of sp³-hybridized carbons (Fsp3) is 0.455. The summed E-state index contributed by atoms with van der Waals surface area (Å²) in [5.41, 5.74) is 5.93. The van der Waals surface area contributed by atoms with E-state index >= 15 is 0 Å². The van der Waals surface area contributed by atoms with E-state index in [4.69, 9.17) is 10.5 Å². The second-order valence-corrected chi connectivity index (χ2v) is 3.16. The number of pyridine rings is 1. The summed E-state index contributed by atoms with van der Waals surface area (Å²) in [5.74, 6) is 0.700. The molecule has 0 atom stereocenters. The maximum Gasteiger partial charge on any atom is 0.164 e. The van der Waals surface area contributed by atoms with E-state index in [1.54, 1.807) is 18.5 Å². The van der Waals surface area contributed by atoms with Gasteiger partial charge in [0.2, 0.25) is 0 Å². The highest BCUT2D eigenvalue weighted by molar-refractivity contribution is 5.96. The second kappa shape index (κ2) is 6.14. The lowest BCUT2D eigenvalue weighted by Crippen LogP contribution is -2.05. The molecule has 0 spiro atoms. The van der Waals surface area contributed by atoms with Crippen LogP contribution >= 0.6 is 0 Å². The SMILES string of the molecule is CCOc1cncc(C(=O)CCCN)c1. The van der Waals surface area contributed by atoms with Crippen LogP contribution in [0.25, 0.3) is 0 Å². The van der Waals surface area contributed by atoms with Gasteiger partial charge in [-0.2, -0.15) is 0 Å². The molecule has 82 valence electrons. The monoisotopic (exact) mass is 208 g/mol. The van der Waals surface area contributed by atoms with Gasteiger partial charge in [0.15, 0.2) is 5.78 Å².